The van der Waals surface area contributed by atoms with E-state index in [1.165, 1.54) is 0 Å². The molecule has 0 aliphatic rings. The van der Waals surface area contributed by atoms with Gasteiger partial charge in [0.1, 0.15) is 0 Å². The molecule has 0 aliphatic carbocycles. The second-order valence-corrected chi connectivity index (χ2v) is 4.59. The molecule has 0 atom stereocenters. The number of phenolic OH excluding ortho intramolecular Hbond substituents is 4. The third kappa shape index (κ3) is 2.27. The lowest BCUT2D eigenvalue weighted by Crippen LogP contribution is -3.00. The summed E-state index contributed by atoms with van der Waals surface area (Å²) in [5.41, 5.74) is -0.0920. The average Bonchev–Trinajstić information content (AvgIpc) is 2.54. The van der Waals surface area contributed by atoms with Gasteiger partial charge >= 0.3 is 11.3 Å². The van der Waals surface area contributed by atoms with Crippen LogP contribution in [-0.4, -0.2) is 30.6 Å². The fourth-order valence-electron chi connectivity index (χ4n) is 2.16. The summed E-state index contributed by atoms with van der Waals surface area (Å²) < 4.78 is 5.32. The third-order valence-electron chi connectivity index (χ3n) is 3.27. The van der Waals surface area contributed by atoms with Gasteiger partial charge in [-0.2, -0.15) is 4.42 Å². The first-order chi connectivity index (χ1) is 10.4. The van der Waals surface area contributed by atoms with Crippen molar-refractivity contribution >= 4 is 11.0 Å². The SMILES string of the molecule is Oc1c(O)c(O)c2c(O)c(O)c(-c3ccccc3)[o+]c2c1O.[Cl-]. The highest BCUT2D eigenvalue weighted by molar-refractivity contribution is 6.00. The second-order valence-electron chi connectivity index (χ2n) is 4.59. The van der Waals surface area contributed by atoms with Crippen molar-refractivity contribution in [3.8, 4) is 45.8 Å². The Labute approximate surface area is 135 Å². The van der Waals surface area contributed by atoms with Crippen molar-refractivity contribution in [2.45, 2.75) is 0 Å². The summed E-state index contributed by atoms with van der Waals surface area (Å²) in [6.45, 7) is 0. The molecule has 0 bridgehead atoms. The number of halogens is 1. The molecule has 23 heavy (non-hydrogen) atoms. The summed E-state index contributed by atoms with van der Waals surface area (Å²) in [5.74, 6) is -5.51. The summed E-state index contributed by atoms with van der Waals surface area (Å²) in [7, 11) is 0. The maximum atomic E-state index is 10.0. The Hall–Kier alpha value is -3.06. The van der Waals surface area contributed by atoms with Crippen LogP contribution >= 0.6 is 0 Å². The van der Waals surface area contributed by atoms with Crippen LogP contribution in [0.1, 0.15) is 0 Å². The molecule has 120 valence electrons. The van der Waals surface area contributed by atoms with Crippen molar-refractivity contribution in [2.24, 2.45) is 0 Å². The number of phenols is 4. The number of hydrogen-bond acceptors (Lipinski definition) is 6. The predicted molar refractivity (Wildman–Crippen MR) is 76.0 cm³/mol. The van der Waals surface area contributed by atoms with Crippen molar-refractivity contribution in [1.29, 1.82) is 0 Å². The Morgan fingerprint density at radius 1 is 0.609 bits per heavy atom. The van der Waals surface area contributed by atoms with Crippen molar-refractivity contribution < 1.29 is 47.5 Å². The van der Waals surface area contributed by atoms with Crippen LogP contribution in [0.15, 0.2) is 34.7 Å². The number of rotatable bonds is 1. The number of benzene rings is 2. The molecule has 1 heterocycles. The molecule has 0 unspecified atom stereocenters. The monoisotopic (exact) mass is 338 g/mol. The van der Waals surface area contributed by atoms with Crippen molar-refractivity contribution in [3.63, 3.8) is 0 Å². The van der Waals surface area contributed by atoms with Crippen LogP contribution in [0.2, 0.25) is 0 Å². The van der Waals surface area contributed by atoms with Gasteiger partial charge in [-0.25, -0.2) is 0 Å². The molecular formula is C15H11ClO7. The summed E-state index contributed by atoms with van der Waals surface area (Å²) in [4.78, 5) is 0. The van der Waals surface area contributed by atoms with Crippen LogP contribution in [0.25, 0.3) is 22.3 Å². The van der Waals surface area contributed by atoms with Crippen molar-refractivity contribution in [2.75, 3.05) is 0 Å². The Bertz CT molecular complexity index is 894. The van der Waals surface area contributed by atoms with Crippen molar-refractivity contribution in [3.05, 3.63) is 30.3 Å². The molecule has 0 fully saturated rings. The van der Waals surface area contributed by atoms with Gasteiger partial charge < -0.3 is 43.0 Å². The zero-order valence-electron chi connectivity index (χ0n) is 11.4. The smallest absolute Gasteiger partial charge is 0.414 e. The molecule has 3 rings (SSSR count). The highest BCUT2D eigenvalue weighted by atomic mass is 35.5. The lowest BCUT2D eigenvalue weighted by Gasteiger charge is -2.06. The summed E-state index contributed by atoms with van der Waals surface area (Å²) in [6.07, 6.45) is 0. The fourth-order valence-corrected chi connectivity index (χ4v) is 2.16. The van der Waals surface area contributed by atoms with Gasteiger partial charge in [-0.1, -0.05) is 18.2 Å². The zero-order valence-corrected chi connectivity index (χ0v) is 12.1. The van der Waals surface area contributed by atoms with Gasteiger partial charge in [0.05, 0.1) is 5.56 Å². The van der Waals surface area contributed by atoms with Crippen molar-refractivity contribution in [1.82, 2.24) is 0 Å². The van der Waals surface area contributed by atoms with Gasteiger partial charge in [0, 0.05) is 0 Å². The van der Waals surface area contributed by atoms with E-state index >= 15 is 0 Å². The van der Waals surface area contributed by atoms with E-state index in [0.717, 1.165) is 0 Å². The number of fused-ring (bicyclic) bond motifs is 1. The average molecular weight is 339 g/mol. The van der Waals surface area contributed by atoms with E-state index in [1.54, 1.807) is 30.3 Å². The van der Waals surface area contributed by atoms with Crippen LogP contribution in [-0.2, 0) is 0 Å². The van der Waals surface area contributed by atoms with Gasteiger partial charge in [0.25, 0.3) is 11.5 Å². The summed E-state index contributed by atoms with van der Waals surface area (Å²) in [5, 5.41) is 58.2. The third-order valence-corrected chi connectivity index (χ3v) is 3.27. The van der Waals surface area contributed by atoms with E-state index in [0.29, 0.717) is 5.56 Å². The van der Waals surface area contributed by atoms with Crippen LogP contribution < -0.4 is 12.4 Å². The summed E-state index contributed by atoms with van der Waals surface area (Å²) >= 11 is 0. The van der Waals surface area contributed by atoms with Crippen LogP contribution in [0, 0.1) is 0 Å². The largest absolute Gasteiger partial charge is 1.00 e. The molecule has 8 heteroatoms. The van der Waals surface area contributed by atoms with Gasteiger partial charge in [-0.05, 0) is 12.1 Å². The lowest BCUT2D eigenvalue weighted by molar-refractivity contribution is -0.00000971. The van der Waals surface area contributed by atoms with Gasteiger partial charge in [0.15, 0.2) is 16.9 Å². The first-order valence-electron chi connectivity index (χ1n) is 6.16. The minimum atomic E-state index is -1.04. The maximum absolute atomic E-state index is 10.0. The molecular weight excluding hydrogens is 328 g/mol. The standard InChI is InChI=1S/C15H10O7.ClH/c16-8-7-9(17)12(20)14(6-4-2-1-3-5-6)22-15(7)13(21)11(19)10(8)18;/h1-5H,(H5-,16,17,18,19,20,21);1H. The Kier molecular flexibility index (Phi) is 3.98. The van der Waals surface area contributed by atoms with Crippen LogP contribution in [0.5, 0.6) is 34.5 Å². The first-order valence-corrected chi connectivity index (χ1v) is 6.16. The molecule has 6 N–H and O–H groups in total. The topological polar surface area (TPSA) is 133 Å². The number of aromatic hydroxyl groups is 6. The second kappa shape index (κ2) is 5.62. The van der Waals surface area contributed by atoms with Gasteiger partial charge in [-0.3, -0.25) is 0 Å². The highest BCUT2D eigenvalue weighted by Crippen LogP contribution is 2.54. The van der Waals surface area contributed by atoms with E-state index in [1.807, 2.05) is 0 Å². The van der Waals surface area contributed by atoms with E-state index in [-0.39, 0.29) is 18.2 Å². The molecule has 2 aromatic carbocycles. The van der Waals surface area contributed by atoms with E-state index in [4.69, 9.17) is 4.42 Å². The molecule has 7 nitrogen and oxygen atoms in total. The molecule has 0 radical (unpaired) electrons. The zero-order chi connectivity index (χ0) is 16.0. The van der Waals surface area contributed by atoms with Crippen LogP contribution in [0.3, 0.4) is 0 Å². The Balaban J connectivity index is 0.00000192. The maximum Gasteiger partial charge on any atom is 0.414 e. The molecule has 0 spiro atoms. The van der Waals surface area contributed by atoms with Crippen LogP contribution in [0.4, 0.5) is 0 Å². The molecule has 0 saturated heterocycles. The molecule has 0 aliphatic heterocycles. The minimum absolute atomic E-state index is 0. The van der Waals surface area contributed by atoms with E-state index in [9.17, 15) is 30.6 Å². The predicted octanol–water partition coefficient (Wildman–Crippen LogP) is -0.381. The Morgan fingerprint density at radius 2 is 1.13 bits per heavy atom. The molecule has 0 amide bonds. The summed E-state index contributed by atoms with van der Waals surface area (Å²) in [6, 6.07) is 8.23. The Morgan fingerprint density at radius 3 is 1.74 bits per heavy atom. The van der Waals surface area contributed by atoms with Gasteiger partial charge in [-0.15, -0.1) is 0 Å². The lowest BCUT2D eigenvalue weighted by atomic mass is 10.1. The van der Waals surface area contributed by atoms with Gasteiger partial charge in [0.2, 0.25) is 11.5 Å². The molecule has 3 aromatic rings. The highest BCUT2D eigenvalue weighted by Gasteiger charge is 2.35. The molecule has 1 aromatic heterocycles. The van der Waals surface area contributed by atoms with E-state index < -0.39 is 45.5 Å². The minimum Gasteiger partial charge on any atom is -1.00 e. The molecule has 0 saturated carbocycles. The first kappa shape index (κ1) is 16.3. The normalized spacial score (nSPS) is 10.4. The quantitative estimate of drug-likeness (QED) is 0.202. The van der Waals surface area contributed by atoms with E-state index in [2.05, 4.69) is 0 Å². The number of hydrogen-bond donors (Lipinski definition) is 6. The fraction of sp³-hybridized carbons (Fsp3) is 0.